The van der Waals surface area contributed by atoms with E-state index in [2.05, 4.69) is 36.1 Å². The van der Waals surface area contributed by atoms with Crippen molar-refractivity contribution < 1.29 is 9.90 Å². The van der Waals surface area contributed by atoms with Crippen LogP contribution in [0.3, 0.4) is 0 Å². The van der Waals surface area contributed by atoms with Crippen molar-refractivity contribution in [3.8, 4) is 0 Å². The molecule has 0 radical (unpaired) electrons. The molecule has 2 aliphatic rings. The Morgan fingerprint density at radius 3 is 2.40 bits per heavy atom. The lowest BCUT2D eigenvalue weighted by atomic mass is 9.84. The lowest BCUT2D eigenvalue weighted by Crippen LogP contribution is -2.43. The minimum atomic E-state index is -0.765. The standard InChI is InChI=1S/C24H29ClN2O2S/c1-18-3-5-19(6-4-18)23-27(22(28)17-30-23)14-2-13-26-15-11-24(29,12-16-26)20-7-9-21(25)10-8-20/h3-10,23,29H,2,11-17H2,1H3. The van der Waals surface area contributed by atoms with Gasteiger partial charge in [0.2, 0.25) is 5.91 Å². The van der Waals surface area contributed by atoms with E-state index in [1.165, 1.54) is 11.1 Å². The van der Waals surface area contributed by atoms with Crippen LogP contribution in [0.1, 0.15) is 41.3 Å². The number of benzene rings is 2. The molecule has 2 aromatic rings. The second kappa shape index (κ2) is 9.31. The van der Waals surface area contributed by atoms with E-state index >= 15 is 0 Å². The van der Waals surface area contributed by atoms with Crippen LogP contribution >= 0.6 is 23.4 Å². The summed E-state index contributed by atoms with van der Waals surface area (Å²) in [5.74, 6) is 0.803. The Hall–Kier alpha value is -1.53. The quantitative estimate of drug-likeness (QED) is 0.707. The normalized spacial score (nSPS) is 21.9. The van der Waals surface area contributed by atoms with Gasteiger partial charge in [0.15, 0.2) is 0 Å². The molecular formula is C24H29ClN2O2S. The summed E-state index contributed by atoms with van der Waals surface area (Å²) in [6.45, 7) is 5.54. The molecule has 0 spiro atoms. The number of aliphatic hydroxyl groups is 1. The molecule has 2 heterocycles. The Morgan fingerprint density at radius 2 is 1.73 bits per heavy atom. The number of hydrogen-bond acceptors (Lipinski definition) is 4. The lowest BCUT2D eigenvalue weighted by molar-refractivity contribution is -0.128. The van der Waals surface area contributed by atoms with Gasteiger partial charge in [-0.15, -0.1) is 11.8 Å². The first-order valence-electron chi connectivity index (χ1n) is 10.6. The van der Waals surface area contributed by atoms with Crippen LogP contribution in [-0.4, -0.2) is 52.7 Å². The highest BCUT2D eigenvalue weighted by atomic mass is 35.5. The number of amides is 1. The SMILES string of the molecule is Cc1ccc(C2SCC(=O)N2CCCN2CCC(O)(c3ccc(Cl)cc3)CC2)cc1. The molecule has 2 aliphatic heterocycles. The fourth-order valence-electron chi connectivity index (χ4n) is 4.36. The summed E-state index contributed by atoms with van der Waals surface area (Å²) in [7, 11) is 0. The smallest absolute Gasteiger partial charge is 0.233 e. The highest BCUT2D eigenvalue weighted by Crippen LogP contribution is 2.39. The molecule has 30 heavy (non-hydrogen) atoms. The molecule has 2 aromatic carbocycles. The Bertz CT molecular complexity index is 864. The first-order valence-corrected chi connectivity index (χ1v) is 12.1. The monoisotopic (exact) mass is 444 g/mol. The van der Waals surface area contributed by atoms with Gasteiger partial charge in [-0.05, 0) is 56.0 Å². The molecule has 2 fully saturated rings. The lowest BCUT2D eigenvalue weighted by Gasteiger charge is -2.39. The number of carbonyl (C=O) groups excluding carboxylic acids is 1. The summed E-state index contributed by atoms with van der Waals surface area (Å²) in [6.07, 6.45) is 2.40. The maximum atomic E-state index is 12.4. The van der Waals surface area contributed by atoms with Gasteiger partial charge in [0.25, 0.3) is 0 Å². The number of aryl methyl sites for hydroxylation is 1. The molecular weight excluding hydrogens is 416 g/mol. The highest BCUT2D eigenvalue weighted by molar-refractivity contribution is 8.00. The largest absolute Gasteiger partial charge is 0.385 e. The fourth-order valence-corrected chi connectivity index (χ4v) is 5.71. The number of thioether (sulfide) groups is 1. The van der Waals surface area contributed by atoms with Crippen molar-refractivity contribution in [1.82, 2.24) is 9.80 Å². The zero-order valence-corrected chi connectivity index (χ0v) is 19.0. The van der Waals surface area contributed by atoms with Crippen molar-refractivity contribution in [3.63, 3.8) is 0 Å². The van der Waals surface area contributed by atoms with Crippen molar-refractivity contribution >= 4 is 29.3 Å². The Labute approximate surface area is 188 Å². The summed E-state index contributed by atoms with van der Waals surface area (Å²) in [6, 6.07) is 16.1. The van der Waals surface area contributed by atoms with Crippen LogP contribution in [0, 0.1) is 6.92 Å². The van der Waals surface area contributed by atoms with Gasteiger partial charge in [0.05, 0.1) is 11.4 Å². The summed E-state index contributed by atoms with van der Waals surface area (Å²) < 4.78 is 0. The van der Waals surface area contributed by atoms with Gasteiger partial charge < -0.3 is 14.9 Å². The van der Waals surface area contributed by atoms with Gasteiger partial charge in [0.1, 0.15) is 5.37 Å². The summed E-state index contributed by atoms with van der Waals surface area (Å²) in [4.78, 5) is 16.9. The molecule has 0 bridgehead atoms. The fraction of sp³-hybridized carbons (Fsp3) is 0.458. The van der Waals surface area contributed by atoms with Crippen LogP contribution in [0.2, 0.25) is 5.02 Å². The molecule has 1 unspecified atom stereocenters. The highest BCUT2D eigenvalue weighted by Gasteiger charge is 2.35. The zero-order valence-electron chi connectivity index (χ0n) is 17.4. The third-order valence-electron chi connectivity index (χ3n) is 6.27. The molecule has 0 saturated carbocycles. The summed E-state index contributed by atoms with van der Waals surface area (Å²) >= 11 is 7.70. The van der Waals surface area contributed by atoms with Crippen LogP contribution in [0.15, 0.2) is 48.5 Å². The molecule has 2 saturated heterocycles. The Morgan fingerprint density at radius 1 is 1.07 bits per heavy atom. The minimum absolute atomic E-state index is 0.134. The molecule has 1 atom stereocenters. The van der Waals surface area contributed by atoms with Crippen LogP contribution < -0.4 is 0 Å². The number of piperidine rings is 1. The van der Waals surface area contributed by atoms with Crippen molar-refractivity contribution in [2.24, 2.45) is 0 Å². The second-order valence-electron chi connectivity index (χ2n) is 8.39. The molecule has 4 rings (SSSR count). The molecule has 0 aromatic heterocycles. The number of hydrogen-bond donors (Lipinski definition) is 1. The summed E-state index contributed by atoms with van der Waals surface area (Å²) in [5, 5.41) is 11.9. The molecule has 1 amide bonds. The third-order valence-corrected chi connectivity index (χ3v) is 7.78. The maximum absolute atomic E-state index is 12.4. The third kappa shape index (κ3) is 4.86. The van der Waals surface area contributed by atoms with E-state index < -0.39 is 5.60 Å². The van der Waals surface area contributed by atoms with Gasteiger partial charge in [0, 0.05) is 24.7 Å². The predicted octanol–water partition coefficient (Wildman–Crippen LogP) is 4.60. The van der Waals surface area contributed by atoms with Crippen molar-refractivity contribution in [1.29, 1.82) is 0 Å². The number of rotatable bonds is 6. The van der Waals surface area contributed by atoms with Gasteiger partial charge >= 0.3 is 0 Å². The van der Waals surface area contributed by atoms with Crippen LogP contribution in [-0.2, 0) is 10.4 Å². The number of likely N-dealkylation sites (tertiary alicyclic amines) is 1. The average molecular weight is 445 g/mol. The van der Waals surface area contributed by atoms with Crippen LogP contribution in [0.5, 0.6) is 0 Å². The van der Waals surface area contributed by atoms with E-state index in [0.29, 0.717) is 10.8 Å². The first-order chi connectivity index (χ1) is 14.4. The van der Waals surface area contributed by atoms with Gasteiger partial charge in [-0.25, -0.2) is 0 Å². The van der Waals surface area contributed by atoms with E-state index in [0.717, 1.165) is 51.0 Å². The van der Waals surface area contributed by atoms with Gasteiger partial charge in [-0.2, -0.15) is 0 Å². The molecule has 160 valence electrons. The molecule has 6 heteroatoms. The van der Waals surface area contributed by atoms with E-state index in [9.17, 15) is 9.90 Å². The molecule has 0 aliphatic carbocycles. The van der Waals surface area contributed by atoms with Gasteiger partial charge in [-0.3, -0.25) is 4.79 Å². The van der Waals surface area contributed by atoms with E-state index in [-0.39, 0.29) is 11.3 Å². The minimum Gasteiger partial charge on any atom is -0.385 e. The molecule has 1 N–H and O–H groups in total. The Kier molecular flexibility index (Phi) is 6.73. The first kappa shape index (κ1) is 21.7. The number of nitrogens with zero attached hydrogens (tertiary/aromatic N) is 2. The predicted molar refractivity (Wildman–Crippen MR) is 124 cm³/mol. The zero-order chi connectivity index (χ0) is 21.1. The topological polar surface area (TPSA) is 43.8 Å². The summed E-state index contributed by atoms with van der Waals surface area (Å²) in [5.41, 5.74) is 2.64. The van der Waals surface area contributed by atoms with E-state index in [1.807, 2.05) is 29.2 Å². The number of carbonyl (C=O) groups is 1. The maximum Gasteiger partial charge on any atom is 0.233 e. The Balaban J connectivity index is 1.28. The van der Waals surface area contributed by atoms with Crippen molar-refractivity contribution in [2.45, 2.75) is 37.2 Å². The van der Waals surface area contributed by atoms with Gasteiger partial charge in [-0.1, -0.05) is 53.6 Å². The molecule has 4 nitrogen and oxygen atoms in total. The van der Waals surface area contributed by atoms with Crippen LogP contribution in [0.25, 0.3) is 0 Å². The van der Waals surface area contributed by atoms with Crippen molar-refractivity contribution in [3.05, 3.63) is 70.2 Å². The second-order valence-corrected chi connectivity index (χ2v) is 9.90. The number of halogens is 1. The van der Waals surface area contributed by atoms with E-state index in [4.69, 9.17) is 11.6 Å². The van der Waals surface area contributed by atoms with Crippen LogP contribution in [0.4, 0.5) is 0 Å². The average Bonchev–Trinajstić information content (AvgIpc) is 3.11. The van der Waals surface area contributed by atoms with Crippen molar-refractivity contribution in [2.75, 3.05) is 31.9 Å². The van der Waals surface area contributed by atoms with E-state index in [1.54, 1.807) is 11.8 Å².